The van der Waals surface area contributed by atoms with E-state index in [-0.39, 0.29) is 35.0 Å². The fourth-order valence-corrected chi connectivity index (χ4v) is 4.44. The molecule has 1 fully saturated rings. The minimum absolute atomic E-state index is 0.0267. The van der Waals surface area contributed by atoms with E-state index in [1.54, 1.807) is 0 Å². The Bertz CT molecular complexity index is 926. The van der Waals surface area contributed by atoms with Gasteiger partial charge in [-0.25, -0.2) is 21.9 Å². The molecule has 0 radical (unpaired) electrons. The standard InChI is InChI=1S/C20H23F2N3O3S/c21-16-5-9-18(10-6-16)24-25-20(26)15-3-1-14(2-4-15)13-23-29(27,28)19-11-7-17(22)8-12-19/h5-12,14-15,23-24H,1-4,13H2,(H,25,26). The third kappa shape index (κ3) is 5.98. The van der Waals surface area contributed by atoms with Gasteiger partial charge in [0.15, 0.2) is 0 Å². The molecule has 0 heterocycles. The van der Waals surface area contributed by atoms with Gasteiger partial charge in [0.25, 0.3) is 0 Å². The maximum atomic E-state index is 13.0. The highest BCUT2D eigenvalue weighted by Gasteiger charge is 2.27. The quantitative estimate of drug-likeness (QED) is 0.597. The molecule has 9 heteroatoms. The van der Waals surface area contributed by atoms with Gasteiger partial charge in [0.1, 0.15) is 11.6 Å². The summed E-state index contributed by atoms with van der Waals surface area (Å²) in [5, 5.41) is 0. The first-order valence-corrected chi connectivity index (χ1v) is 10.9. The number of halogens is 2. The molecule has 0 spiro atoms. The average Bonchev–Trinajstić information content (AvgIpc) is 2.72. The van der Waals surface area contributed by atoms with E-state index in [0.717, 1.165) is 25.0 Å². The number of hydrogen-bond donors (Lipinski definition) is 3. The van der Waals surface area contributed by atoms with Crippen LogP contribution in [-0.4, -0.2) is 20.9 Å². The number of anilines is 1. The molecule has 2 aromatic carbocycles. The van der Waals surface area contributed by atoms with Gasteiger partial charge in [-0.05, 0) is 80.1 Å². The molecule has 0 unspecified atom stereocenters. The highest BCUT2D eigenvalue weighted by atomic mass is 32.2. The van der Waals surface area contributed by atoms with Crippen LogP contribution in [0.25, 0.3) is 0 Å². The Morgan fingerprint density at radius 3 is 2.03 bits per heavy atom. The van der Waals surface area contributed by atoms with Gasteiger partial charge < -0.3 is 0 Å². The molecule has 0 saturated heterocycles. The first kappa shape index (κ1) is 21.2. The lowest BCUT2D eigenvalue weighted by atomic mass is 9.82. The molecule has 0 bridgehead atoms. The molecule has 0 atom stereocenters. The summed E-state index contributed by atoms with van der Waals surface area (Å²) in [5.41, 5.74) is 5.98. The van der Waals surface area contributed by atoms with Gasteiger partial charge in [0.2, 0.25) is 15.9 Å². The highest BCUT2D eigenvalue weighted by molar-refractivity contribution is 7.89. The Morgan fingerprint density at radius 2 is 1.45 bits per heavy atom. The van der Waals surface area contributed by atoms with E-state index in [1.807, 2.05) is 0 Å². The van der Waals surface area contributed by atoms with E-state index in [4.69, 9.17) is 0 Å². The highest BCUT2D eigenvalue weighted by Crippen LogP contribution is 2.29. The summed E-state index contributed by atoms with van der Waals surface area (Å²) in [7, 11) is -3.68. The molecule has 6 nitrogen and oxygen atoms in total. The number of rotatable bonds is 7. The monoisotopic (exact) mass is 423 g/mol. The average molecular weight is 423 g/mol. The number of sulfonamides is 1. The first-order valence-electron chi connectivity index (χ1n) is 9.40. The molecule has 3 rings (SSSR count). The van der Waals surface area contributed by atoms with Crippen molar-refractivity contribution < 1.29 is 22.0 Å². The van der Waals surface area contributed by atoms with Crippen LogP contribution in [0, 0.1) is 23.5 Å². The van der Waals surface area contributed by atoms with Crippen LogP contribution in [0.3, 0.4) is 0 Å². The number of carbonyl (C=O) groups excluding carboxylic acids is 1. The molecule has 1 saturated carbocycles. The van der Waals surface area contributed by atoms with Gasteiger partial charge >= 0.3 is 0 Å². The second-order valence-electron chi connectivity index (χ2n) is 7.14. The lowest BCUT2D eigenvalue weighted by molar-refractivity contribution is -0.125. The first-order chi connectivity index (χ1) is 13.8. The predicted molar refractivity (Wildman–Crippen MR) is 105 cm³/mol. The molecule has 2 aromatic rings. The summed E-state index contributed by atoms with van der Waals surface area (Å²) in [4.78, 5) is 12.3. The maximum absolute atomic E-state index is 13.0. The Hall–Kier alpha value is -2.52. The second kappa shape index (κ2) is 9.32. The van der Waals surface area contributed by atoms with E-state index < -0.39 is 15.8 Å². The van der Waals surface area contributed by atoms with Gasteiger partial charge in [0, 0.05) is 12.5 Å². The number of hydrazine groups is 1. The van der Waals surface area contributed by atoms with Crippen molar-refractivity contribution in [1.82, 2.24) is 10.1 Å². The van der Waals surface area contributed by atoms with Crippen LogP contribution in [0.2, 0.25) is 0 Å². The van der Waals surface area contributed by atoms with Crippen molar-refractivity contribution in [3.8, 4) is 0 Å². The van der Waals surface area contributed by atoms with Crippen molar-refractivity contribution in [1.29, 1.82) is 0 Å². The molecule has 3 N–H and O–H groups in total. The summed E-state index contributed by atoms with van der Waals surface area (Å²) in [6.45, 7) is 0.280. The van der Waals surface area contributed by atoms with Crippen LogP contribution in [0.4, 0.5) is 14.5 Å². The molecule has 1 aliphatic carbocycles. The van der Waals surface area contributed by atoms with Crippen LogP contribution in [-0.2, 0) is 14.8 Å². The fraction of sp³-hybridized carbons (Fsp3) is 0.350. The van der Waals surface area contributed by atoms with Crippen molar-refractivity contribution in [2.24, 2.45) is 11.8 Å². The zero-order chi connectivity index (χ0) is 20.9. The Labute approximate surface area is 168 Å². The topological polar surface area (TPSA) is 87.3 Å². The van der Waals surface area contributed by atoms with E-state index in [0.29, 0.717) is 18.5 Å². The lowest BCUT2D eigenvalue weighted by Gasteiger charge is -2.28. The van der Waals surface area contributed by atoms with Crippen LogP contribution in [0.5, 0.6) is 0 Å². The molecular formula is C20H23F2N3O3S. The lowest BCUT2D eigenvalue weighted by Crippen LogP contribution is -2.38. The minimum Gasteiger partial charge on any atom is -0.299 e. The number of amides is 1. The van der Waals surface area contributed by atoms with Crippen molar-refractivity contribution >= 4 is 21.6 Å². The molecule has 1 amide bonds. The summed E-state index contributed by atoms with van der Waals surface area (Å²) in [6.07, 6.45) is 2.75. The number of hydrogen-bond acceptors (Lipinski definition) is 4. The number of benzene rings is 2. The molecule has 156 valence electrons. The van der Waals surface area contributed by atoms with Crippen LogP contribution >= 0.6 is 0 Å². The van der Waals surface area contributed by atoms with Crippen molar-refractivity contribution in [2.45, 2.75) is 30.6 Å². The number of nitrogens with one attached hydrogen (secondary N) is 3. The Balaban J connectivity index is 1.42. The summed E-state index contributed by atoms with van der Waals surface area (Å²) < 4.78 is 52.9. The molecular weight excluding hydrogens is 400 g/mol. The molecule has 0 aromatic heterocycles. The zero-order valence-corrected chi connectivity index (χ0v) is 16.5. The maximum Gasteiger partial charge on any atom is 0.241 e. The summed E-state index contributed by atoms with van der Waals surface area (Å²) >= 11 is 0. The smallest absolute Gasteiger partial charge is 0.241 e. The zero-order valence-electron chi connectivity index (χ0n) is 15.7. The van der Waals surface area contributed by atoms with Gasteiger partial charge in [-0.3, -0.25) is 15.6 Å². The van der Waals surface area contributed by atoms with Gasteiger partial charge in [-0.1, -0.05) is 0 Å². The normalized spacial score (nSPS) is 19.5. The van der Waals surface area contributed by atoms with E-state index in [2.05, 4.69) is 15.6 Å². The molecule has 0 aliphatic heterocycles. The summed E-state index contributed by atoms with van der Waals surface area (Å²) in [5.74, 6) is -1.00. The van der Waals surface area contributed by atoms with Gasteiger partial charge in [-0.15, -0.1) is 0 Å². The van der Waals surface area contributed by atoms with Crippen LogP contribution in [0.1, 0.15) is 25.7 Å². The predicted octanol–water partition coefficient (Wildman–Crippen LogP) is 3.19. The van der Waals surface area contributed by atoms with Crippen LogP contribution in [0.15, 0.2) is 53.4 Å². The van der Waals surface area contributed by atoms with Crippen molar-refractivity contribution in [3.63, 3.8) is 0 Å². The van der Waals surface area contributed by atoms with Gasteiger partial charge in [-0.2, -0.15) is 0 Å². The summed E-state index contributed by atoms with van der Waals surface area (Å²) in [6, 6.07) is 10.3. The SMILES string of the molecule is O=C(NNc1ccc(F)cc1)C1CCC(CNS(=O)(=O)c2ccc(F)cc2)CC1. The van der Waals surface area contributed by atoms with Gasteiger partial charge in [0.05, 0.1) is 10.6 Å². The van der Waals surface area contributed by atoms with E-state index in [1.165, 1.54) is 36.4 Å². The third-order valence-corrected chi connectivity index (χ3v) is 6.52. The van der Waals surface area contributed by atoms with Crippen molar-refractivity contribution in [3.05, 3.63) is 60.2 Å². The molecule has 29 heavy (non-hydrogen) atoms. The minimum atomic E-state index is -3.68. The third-order valence-electron chi connectivity index (χ3n) is 5.08. The number of carbonyl (C=O) groups is 1. The Kier molecular flexibility index (Phi) is 6.81. The van der Waals surface area contributed by atoms with Crippen LogP contribution < -0.4 is 15.6 Å². The largest absolute Gasteiger partial charge is 0.299 e. The van der Waals surface area contributed by atoms with E-state index >= 15 is 0 Å². The molecule has 1 aliphatic rings. The fourth-order valence-electron chi connectivity index (χ4n) is 3.32. The second-order valence-corrected chi connectivity index (χ2v) is 8.91. The Morgan fingerprint density at radius 1 is 0.897 bits per heavy atom. The van der Waals surface area contributed by atoms with Crippen molar-refractivity contribution in [2.75, 3.05) is 12.0 Å². The van der Waals surface area contributed by atoms with E-state index in [9.17, 15) is 22.0 Å².